The van der Waals surface area contributed by atoms with Crippen LogP contribution in [0.4, 0.5) is 11.5 Å². The fourth-order valence-corrected chi connectivity index (χ4v) is 7.64. The topological polar surface area (TPSA) is 274 Å². The lowest BCUT2D eigenvalue weighted by molar-refractivity contribution is -0.141. The maximum absolute atomic E-state index is 13.5. The van der Waals surface area contributed by atoms with Crippen molar-refractivity contribution in [1.29, 1.82) is 0 Å². The molecule has 0 spiro atoms. The Balaban J connectivity index is 0.831. The number of aliphatic carboxylic acids is 1. The van der Waals surface area contributed by atoms with Crippen molar-refractivity contribution in [3.8, 4) is 0 Å². The Morgan fingerprint density at radius 2 is 1.62 bits per heavy atom. The summed E-state index contributed by atoms with van der Waals surface area (Å²) in [6, 6.07) is 21.1. The Morgan fingerprint density at radius 3 is 2.34 bits per heavy atom. The minimum absolute atomic E-state index is 0.0126. The number of para-hydroxylation sites is 2. The third kappa shape index (κ3) is 14.3. The fraction of sp³-hybridized carbons (Fsp3) is 0.364. The molecular weight excluding hydrogens is 863 g/mol. The number of pyridine rings is 1. The van der Waals surface area contributed by atoms with Crippen LogP contribution in [0.1, 0.15) is 56.9 Å². The zero-order valence-corrected chi connectivity index (χ0v) is 36.6. The van der Waals surface area contributed by atoms with Crippen molar-refractivity contribution < 1.29 is 52.2 Å². The first-order valence-corrected chi connectivity index (χ1v) is 22.4. The summed E-state index contributed by atoms with van der Waals surface area (Å²) in [5.74, 6) is -1.09. The molecule has 0 fully saturated rings. The number of benzene rings is 3. The summed E-state index contributed by atoms with van der Waals surface area (Å²) in [5, 5.41) is 23.4. The number of azo groups is 1. The van der Waals surface area contributed by atoms with E-state index < -0.39 is 29.3 Å². The lowest BCUT2D eigenvalue weighted by Crippen LogP contribution is -2.42. The molecule has 1 atom stereocenters. The van der Waals surface area contributed by atoms with E-state index in [0.29, 0.717) is 99.3 Å². The second-order valence-corrected chi connectivity index (χ2v) is 16.5. The molecule has 0 aliphatic carbocycles. The number of fused-ring (bicyclic) bond motifs is 2. The zero-order chi connectivity index (χ0) is 46.2. The molecule has 3 heterocycles. The van der Waals surface area contributed by atoms with Crippen LogP contribution >= 0.6 is 10.9 Å². The van der Waals surface area contributed by atoms with Crippen LogP contribution in [0.25, 0.3) is 11.0 Å². The molecule has 5 aromatic rings. The average molecular weight is 916 g/mol. The number of carboxylic acid groups (broad SMARTS) is 1. The van der Waals surface area contributed by atoms with Crippen molar-refractivity contribution >= 4 is 57.1 Å². The highest BCUT2D eigenvalue weighted by Gasteiger charge is 2.31. The van der Waals surface area contributed by atoms with Crippen molar-refractivity contribution in [2.45, 2.75) is 49.8 Å². The van der Waals surface area contributed by atoms with Crippen LogP contribution in [-0.4, -0.2) is 133 Å². The van der Waals surface area contributed by atoms with Gasteiger partial charge in [-0.2, -0.15) is 5.11 Å². The number of hydrogen-bond acceptors (Lipinski definition) is 15. The number of carboxylic acids is 1. The average Bonchev–Trinajstić information content (AvgIpc) is 3.65. The van der Waals surface area contributed by atoms with Gasteiger partial charge >= 0.3 is 5.97 Å². The van der Waals surface area contributed by atoms with E-state index in [1.165, 1.54) is 18.3 Å². The number of H-pyrrole nitrogens is 1. The zero-order valence-electron chi connectivity index (χ0n) is 35.8. The number of aromatic amines is 1. The highest BCUT2D eigenvalue weighted by atomic mass is 32.3. The molecule has 1 aliphatic rings. The largest absolute Gasteiger partial charge is 0.481 e. The van der Waals surface area contributed by atoms with E-state index >= 15 is 0 Å². The smallest absolute Gasteiger partial charge is 0.305 e. The second kappa shape index (κ2) is 23.6. The molecule has 65 heavy (non-hydrogen) atoms. The molecule has 346 valence electrons. The molecule has 3 amide bonds. The molecule has 0 saturated heterocycles. The number of amides is 3. The molecule has 1 aliphatic heterocycles. The van der Waals surface area contributed by atoms with Crippen LogP contribution < -0.4 is 10.6 Å². The van der Waals surface area contributed by atoms with Gasteiger partial charge in [0.25, 0.3) is 11.8 Å². The minimum atomic E-state index is -3.89. The second-order valence-electron chi connectivity index (χ2n) is 15.0. The number of hydrogen-bond donors (Lipinski definition) is 7. The van der Waals surface area contributed by atoms with Gasteiger partial charge in [0.15, 0.2) is 5.82 Å². The number of carbonyl (C=O) groups excluding carboxylic acids is 3. The first-order chi connectivity index (χ1) is 31.4. The van der Waals surface area contributed by atoms with Gasteiger partial charge in [-0.3, -0.25) is 19.2 Å². The number of imidazole rings is 1. The van der Waals surface area contributed by atoms with Crippen LogP contribution in [0.5, 0.6) is 0 Å². The Morgan fingerprint density at radius 1 is 0.908 bits per heavy atom. The molecule has 0 saturated carbocycles. The summed E-state index contributed by atoms with van der Waals surface area (Å²) in [6.45, 7) is 3.26. The summed E-state index contributed by atoms with van der Waals surface area (Å²) in [5.41, 5.74) is 4.16. The highest BCUT2D eigenvalue weighted by molar-refractivity contribution is 8.19. The molecule has 21 heteroatoms. The van der Waals surface area contributed by atoms with E-state index in [4.69, 9.17) is 14.2 Å². The number of nitrogens with zero attached hydrogens (tertiary/aromatic N) is 6. The normalized spacial score (nSPS) is 14.2. The highest BCUT2D eigenvalue weighted by Crippen LogP contribution is 2.45. The third-order valence-electron chi connectivity index (χ3n) is 10.1. The first-order valence-electron chi connectivity index (χ1n) is 20.9. The third-order valence-corrected chi connectivity index (χ3v) is 11.1. The van der Waals surface area contributed by atoms with Gasteiger partial charge in [0.05, 0.1) is 67.4 Å². The van der Waals surface area contributed by atoms with Crippen LogP contribution in [0, 0.1) is 0 Å². The summed E-state index contributed by atoms with van der Waals surface area (Å²) in [6.07, 6.45) is 2.05. The van der Waals surface area contributed by atoms with Crippen molar-refractivity contribution in [2.24, 2.45) is 10.2 Å². The predicted octanol–water partition coefficient (Wildman–Crippen LogP) is 5.95. The molecule has 0 bridgehead atoms. The van der Waals surface area contributed by atoms with Crippen LogP contribution in [0.3, 0.4) is 0 Å². The van der Waals surface area contributed by atoms with E-state index in [2.05, 4.69) is 35.8 Å². The van der Waals surface area contributed by atoms with Crippen molar-refractivity contribution in [3.63, 3.8) is 0 Å². The van der Waals surface area contributed by atoms with E-state index in [0.717, 1.165) is 11.0 Å². The molecular formula is C44H53N9O11S. The van der Waals surface area contributed by atoms with Gasteiger partial charge in [-0.25, -0.2) is 9.97 Å². The van der Waals surface area contributed by atoms with Crippen molar-refractivity contribution in [3.05, 3.63) is 113 Å². The maximum Gasteiger partial charge on any atom is 0.305 e. The molecule has 7 N–H and O–H groups in total. The Hall–Kier alpha value is -6.33. The monoisotopic (exact) mass is 915 g/mol. The van der Waals surface area contributed by atoms with Crippen molar-refractivity contribution in [2.75, 3.05) is 65.1 Å². The van der Waals surface area contributed by atoms with Gasteiger partial charge in [-0.1, -0.05) is 30.3 Å². The molecule has 3 aromatic carbocycles. The number of rotatable bonds is 24. The van der Waals surface area contributed by atoms with Gasteiger partial charge in [0.1, 0.15) is 22.7 Å². The standard InChI is InChI=1S/C44H53N9O11S/c1-52(29-40-49-35-9-3-4-10-36(35)50-40)43(57)30-12-14-34-33(24-30)28-53(44(58)37(48-34)25-41(54)55)17-7-19-63-21-23-64-22-20-62-18-6-16-45-42(56)32-13-15-39(46-26-32)51-47-27-31-8-2-5-11-38(31)65(59,60)61/h2-5,8-15,24,26,37,48,59-61H,6-7,16-23,25,27-29H2,1H3,(H,45,56)(H,49,50)(H,54,55)/t37-/m1/s1. The van der Waals surface area contributed by atoms with Gasteiger partial charge in [-0.05, 0) is 72.5 Å². The maximum atomic E-state index is 13.5. The summed E-state index contributed by atoms with van der Waals surface area (Å²) < 4.78 is 45.7. The van der Waals surface area contributed by atoms with Crippen LogP contribution in [-0.2, 0) is 43.4 Å². The minimum Gasteiger partial charge on any atom is -0.481 e. The van der Waals surface area contributed by atoms with Crippen LogP contribution in [0.15, 0.2) is 100 Å². The Labute approximate surface area is 376 Å². The predicted molar refractivity (Wildman–Crippen MR) is 240 cm³/mol. The number of nitrogens with one attached hydrogen (secondary N) is 3. The summed E-state index contributed by atoms with van der Waals surface area (Å²) in [7, 11) is -2.20. The molecule has 6 rings (SSSR count). The van der Waals surface area contributed by atoms with Crippen molar-refractivity contribution in [1.82, 2.24) is 30.1 Å². The SMILES string of the molecule is CN(Cc1nc2ccccc2[nH]1)C(=O)c1ccc2c(c1)CN(CCCOCCOCCOCCCNC(=O)c1ccc(N=NCc3ccccc3S(O)(O)O)nc1)C(=O)[C@@H](CC(=O)O)N2. The first kappa shape index (κ1) is 48.1. The molecule has 0 unspecified atom stereocenters. The fourth-order valence-electron chi connectivity index (χ4n) is 6.89. The number of anilines is 1. The van der Waals surface area contributed by atoms with Gasteiger partial charge in [-0.15, -0.1) is 5.11 Å². The number of ether oxygens (including phenoxy) is 3. The molecule has 0 radical (unpaired) electrons. The quantitative estimate of drug-likeness (QED) is 0.0278. The Kier molecular flexibility index (Phi) is 17.4. The lowest BCUT2D eigenvalue weighted by Gasteiger charge is -2.24. The van der Waals surface area contributed by atoms with Crippen LogP contribution in [0.2, 0.25) is 0 Å². The van der Waals surface area contributed by atoms with E-state index in [1.54, 1.807) is 59.3 Å². The van der Waals surface area contributed by atoms with E-state index in [-0.39, 0.29) is 48.1 Å². The van der Waals surface area contributed by atoms with E-state index in [1.807, 2.05) is 24.3 Å². The lowest BCUT2D eigenvalue weighted by atomic mass is 10.1. The Bertz CT molecular complexity index is 2390. The summed E-state index contributed by atoms with van der Waals surface area (Å²) in [4.78, 5) is 66.2. The van der Waals surface area contributed by atoms with Gasteiger partial charge in [0, 0.05) is 57.3 Å². The van der Waals surface area contributed by atoms with E-state index in [9.17, 15) is 37.9 Å². The molecule has 2 aromatic heterocycles. The van der Waals surface area contributed by atoms with Gasteiger partial charge in [0.2, 0.25) is 5.91 Å². The number of aromatic nitrogens is 3. The van der Waals surface area contributed by atoms with Gasteiger partial charge < -0.3 is 58.4 Å². The molecule has 20 nitrogen and oxygen atoms in total. The summed E-state index contributed by atoms with van der Waals surface area (Å²) >= 11 is 0. The number of carbonyl (C=O) groups is 4.